The van der Waals surface area contributed by atoms with Crippen molar-refractivity contribution in [2.75, 3.05) is 31.5 Å². The molecule has 2 aliphatic rings. The molecule has 0 unspecified atom stereocenters. The molecule has 3 aromatic carbocycles. The van der Waals surface area contributed by atoms with Crippen LogP contribution in [0.4, 0.5) is 11.5 Å². The van der Waals surface area contributed by atoms with E-state index < -0.39 is 5.60 Å². The molecule has 5 heterocycles. The van der Waals surface area contributed by atoms with Gasteiger partial charge in [-0.05, 0) is 124 Å². The minimum absolute atomic E-state index is 0.509. The molecule has 0 bridgehead atoms. The minimum Gasteiger partial charge on any atom is -0.435 e. The number of benzene rings is 3. The van der Waals surface area contributed by atoms with Crippen LogP contribution in [-0.4, -0.2) is 66.6 Å². The highest BCUT2D eigenvalue weighted by molar-refractivity contribution is 5.89. The Hall–Kier alpha value is -5.21. The summed E-state index contributed by atoms with van der Waals surface area (Å²) in [6.45, 7) is 13.2. The second-order valence-electron chi connectivity index (χ2n) is 14.5. The Bertz CT molecular complexity index is 2330. The number of nitriles is 1. The average molecular weight is 679 g/mol. The van der Waals surface area contributed by atoms with Gasteiger partial charge < -0.3 is 14.8 Å². The first-order valence-corrected chi connectivity index (χ1v) is 17.7. The van der Waals surface area contributed by atoms with Gasteiger partial charge in [0.25, 0.3) is 0 Å². The van der Waals surface area contributed by atoms with Gasteiger partial charge >= 0.3 is 0 Å². The number of likely N-dealkylation sites (tertiary alicyclic amines) is 2. The van der Waals surface area contributed by atoms with Gasteiger partial charge in [0.15, 0.2) is 11.4 Å². The lowest BCUT2D eigenvalue weighted by molar-refractivity contribution is 0.0679. The normalized spacial score (nSPS) is 18.2. The lowest BCUT2D eigenvalue weighted by Gasteiger charge is -2.19. The Balaban J connectivity index is 1.09. The van der Waals surface area contributed by atoms with E-state index in [2.05, 4.69) is 65.4 Å². The van der Waals surface area contributed by atoms with E-state index >= 15 is 0 Å². The maximum atomic E-state index is 10.4. The van der Waals surface area contributed by atoms with E-state index in [1.165, 1.54) is 12.8 Å². The van der Waals surface area contributed by atoms with Crippen LogP contribution in [-0.2, 0) is 13.1 Å². The summed E-state index contributed by atoms with van der Waals surface area (Å²) in [5.41, 5.74) is 10.8. The molecule has 6 aromatic rings. The molecule has 0 radical (unpaired) electrons. The fourth-order valence-corrected chi connectivity index (χ4v) is 7.71. The third-order valence-electron chi connectivity index (χ3n) is 10.4. The van der Waals surface area contributed by atoms with Crippen LogP contribution in [0, 0.1) is 32.1 Å². The molecule has 2 aliphatic heterocycles. The number of hydrogen-bond donors (Lipinski definition) is 2. The number of aromatic nitrogens is 4. The van der Waals surface area contributed by atoms with Gasteiger partial charge in [0.1, 0.15) is 22.9 Å². The van der Waals surface area contributed by atoms with Gasteiger partial charge in [0.2, 0.25) is 5.89 Å². The molecule has 10 heteroatoms. The van der Waals surface area contributed by atoms with Crippen LogP contribution in [0.1, 0.15) is 59.8 Å². The number of anilines is 2. The van der Waals surface area contributed by atoms with Crippen molar-refractivity contribution in [3.63, 3.8) is 0 Å². The highest BCUT2D eigenvalue weighted by atomic mass is 16.3. The zero-order valence-electron chi connectivity index (χ0n) is 29.6. The van der Waals surface area contributed by atoms with Crippen molar-refractivity contribution in [1.29, 1.82) is 5.26 Å². The molecule has 0 amide bonds. The van der Waals surface area contributed by atoms with Crippen LogP contribution in [0.5, 0.6) is 0 Å². The van der Waals surface area contributed by atoms with Crippen LogP contribution in [0.25, 0.3) is 44.7 Å². The van der Waals surface area contributed by atoms with Gasteiger partial charge in [-0.3, -0.25) is 14.8 Å². The molecule has 258 valence electrons. The van der Waals surface area contributed by atoms with Crippen molar-refractivity contribution >= 4 is 33.6 Å². The van der Waals surface area contributed by atoms with E-state index in [0.29, 0.717) is 52.8 Å². The molecule has 0 spiro atoms. The van der Waals surface area contributed by atoms with Crippen molar-refractivity contribution in [3.05, 3.63) is 94.4 Å². The molecule has 51 heavy (non-hydrogen) atoms. The van der Waals surface area contributed by atoms with E-state index in [-0.39, 0.29) is 0 Å². The summed E-state index contributed by atoms with van der Waals surface area (Å²) in [7, 11) is 0. The summed E-state index contributed by atoms with van der Waals surface area (Å²) in [5, 5.41) is 24.0. The van der Waals surface area contributed by atoms with Crippen molar-refractivity contribution in [3.8, 4) is 28.7 Å². The van der Waals surface area contributed by atoms with Gasteiger partial charge in [0.05, 0.1) is 16.7 Å². The second-order valence-corrected chi connectivity index (χ2v) is 14.5. The van der Waals surface area contributed by atoms with Crippen molar-refractivity contribution in [2.45, 2.75) is 65.6 Å². The molecule has 2 N–H and O–H groups in total. The molecule has 2 fully saturated rings. The molecule has 1 atom stereocenters. The molecular weight excluding hydrogens is 637 g/mol. The number of oxazole rings is 1. The summed E-state index contributed by atoms with van der Waals surface area (Å²) in [4.78, 5) is 23.9. The van der Waals surface area contributed by atoms with Crippen molar-refractivity contribution < 1.29 is 9.52 Å². The van der Waals surface area contributed by atoms with Crippen LogP contribution in [0.3, 0.4) is 0 Å². The molecule has 3 aromatic heterocycles. The number of hydrogen-bond acceptors (Lipinski definition) is 10. The van der Waals surface area contributed by atoms with Gasteiger partial charge in [-0.2, -0.15) is 5.26 Å². The summed E-state index contributed by atoms with van der Waals surface area (Å²) >= 11 is 0. The Morgan fingerprint density at radius 2 is 1.59 bits per heavy atom. The topological polar surface area (TPSA) is 127 Å². The first-order chi connectivity index (χ1) is 24.6. The predicted octanol–water partition coefficient (Wildman–Crippen LogP) is 7.59. The zero-order chi connectivity index (χ0) is 35.3. The average Bonchev–Trinajstić information content (AvgIpc) is 3.85. The van der Waals surface area contributed by atoms with E-state index in [4.69, 9.17) is 24.4 Å². The highest BCUT2D eigenvalue weighted by Crippen LogP contribution is 2.38. The van der Waals surface area contributed by atoms with Gasteiger partial charge in [-0.25, -0.2) is 15.0 Å². The molecule has 2 saturated heterocycles. The standard InChI is InChI=1S/C41H42N8O2/c1-25-31(9-7-11-33(25)40-47-36-18-28(22-48-14-5-6-15-48)17-30(20-42)38(36)51-40)32-10-8-12-34(26(32)2)46-39-37-35(44-27(3)45-39)19-29(21-43-37)23-49-16-13-41(4,50)24-49/h7-12,17-19,21,50H,5-6,13-16,22-24H2,1-4H3,(H,44,45,46)/t41-/m1/s1. The van der Waals surface area contributed by atoms with E-state index in [1.807, 2.05) is 44.3 Å². The summed E-state index contributed by atoms with van der Waals surface area (Å²) < 4.78 is 6.32. The number of fused-ring (bicyclic) bond motifs is 2. The zero-order valence-corrected chi connectivity index (χ0v) is 29.6. The second kappa shape index (κ2) is 13.2. The number of aliphatic hydroxyl groups is 1. The quantitative estimate of drug-likeness (QED) is 0.166. The van der Waals surface area contributed by atoms with E-state index in [9.17, 15) is 10.4 Å². The number of nitrogens with zero attached hydrogens (tertiary/aromatic N) is 7. The Kier molecular flexibility index (Phi) is 8.51. The third-order valence-corrected chi connectivity index (χ3v) is 10.4. The highest BCUT2D eigenvalue weighted by Gasteiger charge is 2.31. The smallest absolute Gasteiger partial charge is 0.227 e. The first-order valence-electron chi connectivity index (χ1n) is 17.7. The SMILES string of the molecule is Cc1nc(Nc2cccc(-c3cccc(-c4nc5cc(CN6CCCC6)cc(C#N)c5o4)c3C)c2C)c2ncc(CN3CC[C@@](C)(O)C3)cc2n1. The van der Waals surface area contributed by atoms with E-state index in [1.54, 1.807) is 0 Å². The van der Waals surface area contributed by atoms with Gasteiger partial charge in [-0.1, -0.05) is 24.3 Å². The van der Waals surface area contributed by atoms with Gasteiger partial charge in [-0.15, -0.1) is 0 Å². The van der Waals surface area contributed by atoms with Crippen LogP contribution in [0.2, 0.25) is 0 Å². The molecule has 10 nitrogen and oxygen atoms in total. The number of nitrogens with one attached hydrogen (secondary N) is 1. The fraction of sp³-hybridized carbons (Fsp3) is 0.341. The number of β-amino-alcohol motifs (C(OH)–C–C–N with tert-alkyl or cyclic N) is 1. The van der Waals surface area contributed by atoms with Crippen molar-refractivity contribution in [2.24, 2.45) is 0 Å². The summed E-state index contributed by atoms with van der Waals surface area (Å²) in [6.07, 6.45) is 5.09. The fourth-order valence-electron chi connectivity index (χ4n) is 7.71. The number of pyridine rings is 1. The molecule has 8 rings (SSSR count). The van der Waals surface area contributed by atoms with Gasteiger partial charge in [0, 0.05) is 43.6 Å². The first kappa shape index (κ1) is 33.0. The van der Waals surface area contributed by atoms with Crippen LogP contribution in [0.15, 0.2) is 65.2 Å². The monoisotopic (exact) mass is 678 g/mol. The summed E-state index contributed by atoms with van der Waals surface area (Å²) in [6, 6.07) is 20.8. The number of aryl methyl sites for hydroxylation is 1. The lowest BCUT2D eigenvalue weighted by Crippen LogP contribution is -2.29. The number of rotatable bonds is 8. The van der Waals surface area contributed by atoms with Crippen molar-refractivity contribution in [1.82, 2.24) is 29.7 Å². The lowest BCUT2D eigenvalue weighted by atomic mass is 9.93. The summed E-state index contributed by atoms with van der Waals surface area (Å²) in [5.74, 6) is 1.82. The maximum Gasteiger partial charge on any atom is 0.227 e. The Labute approximate surface area is 297 Å². The minimum atomic E-state index is -0.643. The maximum absolute atomic E-state index is 10.4. The van der Waals surface area contributed by atoms with E-state index in [0.717, 1.165) is 82.7 Å². The molecule has 0 saturated carbocycles. The van der Waals surface area contributed by atoms with Crippen LogP contribution < -0.4 is 5.32 Å². The van der Waals surface area contributed by atoms with Crippen LogP contribution >= 0.6 is 0 Å². The largest absolute Gasteiger partial charge is 0.435 e. The third kappa shape index (κ3) is 6.56. The molecular formula is C41H42N8O2. The Morgan fingerprint density at radius 3 is 2.35 bits per heavy atom. The predicted molar refractivity (Wildman–Crippen MR) is 199 cm³/mol. The Morgan fingerprint density at radius 1 is 0.863 bits per heavy atom. The molecule has 0 aliphatic carbocycles.